The largest absolute Gasteiger partial charge is 0.489 e. The predicted octanol–water partition coefficient (Wildman–Crippen LogP) is 2.24. The third-order valence-corrected chi connectivity index (χ3v) is 6.75. The summed E-state index contributed by atoms with van der Waals surface area (Å²) in [4.78, 5) is 48.7. The molecule has 186 valence electrons. The smallest absolute Gasteiger partial charge is 0.241 e. The van der Waals surface area contributed by atoms with Crippen molar-refractivity contribution in [2.24, 2.45) is 0 Å². The minimum atomic E-state index is -1.53. The highest BCUT2D eigenvalue weighted by atomic mass is 19.1. The van der Waals surface area contributed by atoms with Gasteiger partial charge in [-0.05, 0) is 32.3 Å². The Balaban J connectivity index is 1.49. The van der Waals surface area contributed by atoms with Gasteiger partial charge in [-0.25, -0.2) is 4.39 Å². The van der Waals surface area contributed by atoms with E-state index in [0.29, 0.717) is 38.2 Å². The average Bonchev–Trinajstić information content (AvgIpc) is 3.08. The van der Waals surface area contributed by atoms with E-state index in [1.165, 1.54) is 23.1 Å². The number of hydrogen-bond donors (Lipinski definition) is 0. The van der Waals surface area contributed by atoms with Crippen LogP contribution in [0.4, 0.5) is 4.39 Å². The quantitative estimate of drug-likeness (QED) is 0.537. The number of amides is 3. The number of imide groups is 1. The standard InChI is InChI=1S/C26H31FN4O4/c1-29(2)14-15-31-24(33)17-26(25(31)34,21-7-3-4-8-22(21)27)16-23(32)30-12-9-19(10-13-30)35-20-6-5-11-28-18-20/h3-8,11,18-19H,9-10,12-17H2,1-2H3/t26-/m0/s1. The Morgan fingerprint density at radius 1 is 1.17 bits per heavy atom. The van der Waals surface area contributed by atoms with E-state index in [1.54, 1.807) is 29.4 Å². The highest BCUT2D eigenvalue weighted by molar-refractivity contribution is 6.10. The first kappa shape index (κ1) is 24.8. The van der Waals surface area contributed by atoms with Gasteiger partial charge >= 0.3 is 0 Å². The Morgan fingerprint density at radius 3 is 2.57 bits per heavy atom. The summed E-state index contributed by atoms with van der Waals surface area (Å²) in [5.41, 5.74) is -1.43. The third-order valence-electron chi connectivity index (χ3n) is 6.75. The fourth-order valence-corrected chi connectivity index (χ4v) is 4.82. The van der Waals surface area contributed by atoms with Crippen LogP contribution >= 0.6 is 0 Å². The second-order valence-corrected chi connectivity index (χ2v) is 9.46. The summed E-state index contributed by atoms with van der Waals surface area (Å²) in [6.07, 6.45) is 4.10. The van der Waals surface area contributed by atoms with Crippen LogP contribution in [-0.2, 0) is 19.8 Å². The van der Waals surface area contributed by atoms with Crippen LogP contribution in [0.25, 0.3) is 0 Å². The summed E-state index contributed by atoms with van der Waals surface area (Å²) in [7, 11) is 3.70. The number of ether oxygens (including phenoxy) is 1. The van der Waals surface area contributed by atoms with Crippen LogP contribution < -0.4 is 4.74 Å². The second-order valence-electron chi connectivity index (χ2n) is 9.46. The predicted molar refractivity (Wildman–Crippen MR) is 127 cm³/mol. The summed E-state index contributed by atoms with van der Waals surface area (Å²) in [5.74, 6) is -1.04. The van der Waals surface area contributed by atoms with E-state index in [2.05, 4.69) is 4.98 Å². The monoisotopic (exact) mass is 482 g/mol. The van der Waals surface area contributed by atoms with E-state index in [0.717, 1.165) is 0 Å². The summed E-state index contributed by atoms with van der Waals surface area (Å²) in [5, 5.41) is 0. The van der Waals surface area contributed by atoms with Crippen molar-refractivity contribution in [2.75, 3.05) is 40.3 Å². The third kappa shape index (κ3) is 5.35. The molecular formula is C26H31FN4O4. The molecule has 2 aromatic rings. The van der Waals surface area contributed by atoms with Gasteiger partial charge in [-0.15, -0.1) is 0 Å². The lowest BCUT2D eigenvalue weighted by Crippen LogP contribution is -2.47. The van der Waals surface area contributed by atoms with Crippen molar-refractivity contribution in [1.82, 2.24) is 19.7 Å². The summed E-state index contributed by atoms with van der Waals surface area (Å²) < 4.78 is 20.9. The number of likely N-dealkylation sites (N-methyl/N-ethyl adjacent to an activating group) is 1. The van der Waals surface area contributed by atoms with Crippen LogP contribution in [-0.4, -0.2) is 83.8 Å². The van der Waals surface area contributed by atoms with Gasteiger partial charge in [0.1, 0.15) is 17.7 Å². The zero-order valence-electron chi connectivity index (χ0n) is 20.2. The van der Waals surface area contributed by atoms with Gasteiger partial charge in [-0.1, -0.05) is 18.2 Å². The SMILES string of the molecule is CN(C)CCN1C(=O)C[C@@](CC(=O)N2CCC(Oc3cccnc3)CC2)(c2ccccc2F)C1=O. The topological polar surface area (TPSA) is 83.1 Å². The van der Waals surface area contributed by atoms with Crippen LogP contribution in [0.5, 0.6) is 5.75 Å². The molecule has 3 amide bonds. The van der Waals surface area contributed by atoms with Gasteiger partial charge < -0.3 is 14.5 Å². The molecule has 2 saturated heterocycles. The van der Waals surface area contributed by atoms with Crippen LogP contribution in [0, 0.1) is 5.82 Å². The molecule has 0 radical (unpaired) electrons. The molecule has 2 aliphatic heterocycles. The fourth-order valence-electron chi connectivity index (χ4n) is 4.82. The van der Waals surface area contributed by atoms with Crippen LogP contribution in [0.1, 0.15) is 31.2 Å². The number of carbonyl (C=O) groups is 3. The number of halogens is 1. The van der Waals surface area contributed by atoms with E-state index in [4.69, 9.17) is 4.74 Å². The average molecular weight is 483 g/mol. The lowest BCUT2D eigenvalue weighted by molar-refractivity contribution is -0.143. The zero-order chi connectivity index (χ0) is 25.0. The van der Waals surface area contributed by atoms with Crippen molar-refractivity contribution in [3.8, 4) is 5.75 Å². The molecule has 2 aliphatic rings. The number of pyridine rings is 1. The Kier molecular flexibility index (Phi) is 7.45. The number of aromatic nitrogens is 1. The number of likely N-dealkylation sites (tertiary alicyclic amines) is 2. The Morgan fingerprint density at radius 2 is 1.91 bits per heavy atom. The molecule has 0 N–H and O–H groups in total. The maximum Gasteiger partial charge on any atom is 0.241 e. The van der Waals surface area contributed by atoms with Gasteiger partial charge in [-0.2, -0.15) is 0 Å². The van der Waals surface area contributed by atoms with Crippen molar-refractivity contribution in [1.29, 1.82) is 0 Å². The minimum Gasteiger partial charge on any atom is -0.489 e. The van der Waals surface area contributed by atoms with Crippen molar-refractivity contribution in [2.45, 2.75) is 37.2 Å². The molecular weight excluding hydrogens is 451 g/mol. The number of benzene rings is 1. The van der Waals surface area contributed by atoms with Crippen molar-refractivity contribution < 1.29 is 23.5 Å². The van der Waals surface area contributed by atoms with Crippen molar-refractivity contribution in [3.05, 3.63) is 60.2 Å². The summed E-state index contributed by atoms with van der Waals surface area (Å²) in [6, 6.07) is 9.59. The first-order valence-corrected chi connectivity index (χ1v) is 11.9. The molecule has 8 nitrogen and oxygen atoms in total. The van der Waals surface area contributed by atoms with E-state index in [-0.39, 0.29) is 42.9 Å². The molecule has 0 saturated carbocycles. The van der Waals surface area contributed by atoms with E-state index >= 15 is 0 Å². The molecule has 1 aromatic carbocycles. The molecule has 0 spiro atoms. The maximum absolute atomic E-state index is 14.9. The lowest BCUT2D eigenvalue weighted by atomic mass is 9.75. The van der Waals surface area contributed by atoms with Gasteiger partial charge in [0, 0.05) is 63.6 Å². The Labute approximate surface area is 204 Å². The van der Waals surface area contributed by atoms with Crippen molar-refractivity contribution in [3.63, 3.8) is 0 Å². The fraction of sp³-hybridized carbons (Fsp3) is 0.462. The molecule has 4 rings (SSSR count). The molecule has 3 heterocycles. The van der Waals surface area contributed by atoms with Crippen molar-refractivity contribution >= 4 is 17.7 Å². The number of rotatable bonds is 8. The number of nitrogens with zero attached hydrogens (tertiary/aromatic N) is 4. The zero-order valence-corrected chi connectivity index (χ0v) is 20.2. The van der Waals surface area contributed by atoms with Crippen LogP contribution in [0.2, 0.25) is 0 Å². The van der Waals surface area contributed by atoms with Crippen LogP contribution in [0.15, 0.2) is 48.8 Å². The molecule has 9 heteroatoms. The van der Waals surface area contributed by atoms with E-state index < -0.39 is 17.1 Å². The van der Waals surface area contributed by atoms with Gasteiger partial charge in [0.05, 0.1) is 11.6 Å². The highest BCUT2D eigenvalue weighted by Gasteiger charge is 2.55. The first-order chi connectivity index (χ1) is 16.8. The molecule has 0 aliphatic carbocycles. The highest BCUT2D eigenvalue weighted by Crippen LogP contribution is 2.41. The van der Waals surface area contributed by atoms with Crippen LogP contribution in [0.3, 0.4) is 0 Å². The number of carbonyl (C=O) groups excluding carboxylic acids is 3. The Hall–Kier alpha value is -3.33. The summed E-state index contributed by atoms with van der Waals surface area (Å²) in [6.45, 7) is 1.61. The molecule has 1 aromatic heterocycles. The Bertz CT molecular complexity index is 1070. The lowest BCUT2D eigenvalue weighted by Gasteiger charge is -2.35. The first-order valence-electron chi connectivity index (χ1n) is 11.9. The number of hydrogen-bond acceptors (Lipinski definition) is 6. The molecule has 0 bridgehead atoms. The van der Waals surface area contributed by atoms with E-state index in [1.807, 2.05) is 25.1 Å². The summed E-state index contributed by atoms with van der Waals surface area (Å²) >= 11 is 0. The minimum absolute atomic E-state index is 0.0417. The molecule has 2 fully saturated rings. The van der Waals surface area contributed by atoms with E-state index in [9.17, 15) is 18.8 Å². The van der Waals surface area contributed by atoms with Gasteiger partial charge in [-0.3, -0.25) is 24.3 Å². The van der Waals surface area contributed by atoms with Gasteiger partial charge in [0.2, 0.25) is 17.7 Å². The molecule has 1 atom stereocenters. The van der Waals surface area contributed by atoms with Gasteiger partial charge in [0.25, 0.3) is 0 Å². The maximum atomic E-state index is 14.9. The second kappa shape index (κ2) is 10.5. The number of piperidine rings is 1. The normalized spacial score (nSPS) is 21.1. The molecule has 35 heavy (non-hydrogen) atoms. The van der Waals surface area contributed by atoms with Gasteiger partial charge in [0.15, 0.2) is 0 Å². The molecule has 0 unspecified atom stereocenters.